The van der Waals surface area contributed by atoms with Crippen LogP contribution >= 0.6 is 0 Å². The standard InChI is InChI=1S/C8H15N4/c1-4-12(5-2)6-8-9-7-11(3)10-8/h4-6H2,1-3H3. The second-order valence-corrected chi connectivity index (χ2v) is 2.71. The van der Waals surface area contributed by atoms with E-state index >= 15 is 0 Å². The van der Waals surface area contributed by atoms with Gasteiger partial charge in [-0.3, -0.25) is 4.90 Å². The number of aryl methyl sites for hydroxylation is 1. The molecule has 0 aliphatic rings. The second-order valence-electron chi connectivity index (χ2n) is 2.71. The van der Waals surface area contributed by atoms with Crippen molar-refractivity contribution in [2.45, 2.75) is 20.4 Å². The first-order chi connectivity index (χ1) is 5.76. The number of aromatic nitrogens is 3. The molecule has 4 nitrogen and oxygen atoms in total. The molecule has 0 atom stereocenters. The minimum Gasteiger partial charge on any atom is -0.296 e. The average molecular weight is 167 g/mol. The molecular weight excluding hydrogens is 152 g/mol. The molecule has 0 saturated carbocycles. The Balaban J connectivity index is 2.50. The van der Waals surface area contributed by atoms with E-state index in [0.717, 1.165) is 25.5 Å². The van der Waals surface area contributed by atoms with E-state index in [1.807, 2.05) is 7.05 Å². The smallest absolute Gasteiger partial charge is 0.196 e. The molecule has 67 valence electrons. The van der Waals surface area contributed by atoms with Crippen LogP contribution in [0.2, 0.25) is 0 Å². The van der Waals surface area contributed by atoms with Crippen molar-refractivity contribution in [3.05, 3.63) is 12.2 Å². The van der Waals surface area contributed by atoms with Gasteiger partial charge in [-0.05, 0) is 13.1 Å². The van der Waals surface area contributed by atoms with Gasteiger partial charge in [-0.1, -0.05) is 13.8 Å². The van der Waals surface area contributed by atoms with Gasteiger partial charge in [0.25, 0.3) is 0 Å². The van der Waals surface area contributed by atoms with Gasteiger partial charge in [0.05, 0.1) is 6.54 Å². The Morgan fingerprint density at radius 1 is 1.42 bits per heavy atom. The molecule has 0 N–H and O–H groups in total. The largest absolute Gasteiger partial charge is 0.296 e. The van der Waals surface area contributed by atoms with E-state index in [9.17, 15) is 0 Å². The third-order valence-electron chi connectivity index (χ3n) is 1.85. The minimum atomic E-state index is 0.824. The van der Waals surface area contributed by atoms with Gasteiger partial charge >= 0.3 is 0 Å². The lowest BCUT2D eigenvalue weighted by Crippen LogP contribution is -2.22. The quantitative estimate of drug-likeness (QED) is 0.653. The van der Waals surface area contributed by atoms with Crippen LogP contribution in [0.1, 0.15) is 19.7 Å². The van der Waals surface area contributed by atoms with Crippen molar-refractivity contribution in [2.75, 3.05) is 13.1 Å². The Labute approximate surface area is 73.2 Å². The van der Waals surface area contributed by atoms with Crippen LogP contribution in [0.15, 0.2) is 0 Å². The Bertz CT molecular complexity index is 227. The van der Waals surface area contributed by atoms with Crippen LogP contribution in [0.25, 0.3) is 0 Å². The zero-order chi connectivity index (χ0) is 8.97. The zero-order valence-corrected chi connectivity index (χ0v) is 7.91. The van der Waals surface area contributed by atoms with Crippen LogP contribution in [0.5, 0.6) is 0 Å². The number of hydrogen-bond acceptors (Lipinski definition) is 3. The predicted octanol–water partition coefficient (Wildman–Crippen LogP) is 0.457. The Morgan fingerprint density at radius 3 is 2.50 bits per heavy atom. The van der Waals surface area contributed by atoms with E-state index in [1.54, 1.807) is 4.68 Å². The fourth-order valence-electron chi connectivity index (χ4n) is 1.06. The van der Waals surface area contributed by atoms with Gasteiger partial charge in [0.1, 0.15) is 0 Å². The summed E-state index contributed by atoms with van der Waals surface area (Å²) in [6.45, 7) is 7.17. The third kappa shape index (κ3) is 2.30. The molecule has 0 fully saturated rings. The van der Waals surface area contributed by atoms with Crippen LogP contribution in [0.3, 0.4) is 0 Å². The Morgan fingerprint density at radius 2 is 2.08 bits per heavy atom. The first-order valence-corrected chi connectivity index (χ1v) is 4.26. The molecule has 0 aliphatic heterocycles. The Hall–Kier alpha value is -0.900. The molecule has 1 aromatic heterocycles. The van der Waals surface area contributed by atoms with Crippen molar-refractivity contribution in [3.8, 4) is 0 Å². The van der Waals surface area contributed by atoms with E-state index in [-0.39, 0.29) is 0 Å². The maximum atomic E-state index is 4.15. The second kappa shape index (κ2) is 4.21. The van der Waals surface area contributed by atoms with Crippen molar-refractivity contribution in [3.63, 3.8) is 0 Å². The fourth-order valence-corrected chi connectivity index (χ4v) is 1.06. The summed E-state index contributed by atoms with van der Waals surface area (Å²) in [5.74, 6) is 0.848. The monoisotopic (exact) mass is 167 g/mol. The van der Waals surface area contributed by atoms with E-state index in [0.29, 0.717) is 0 Å². The molecule has 1 radical (unpaired) electrons. The molecule has 1 aromatic rings. The van der Waals surface area contributed by atoms with Gasteiger partial charge in [0.2, 0.25) is 0 Å². The van der Waals surface area contributed by atoms with Crippen LogP contribution < -0.4 is 0 Å². The van der Waals surface area contributed by atoms with Crippen LogP contribution in [0.4, 0.5) is 0 Å². The molecule has 0 aromatic carbocycles. The van der Waals surface area contributed by atoms with Crippen LogP contribution in [-0.4, -0.2) is 32.8 Å². The maximum absolute atomic E-state index is 4.15. The van der Waals surface area contributed by atoms with E-state index in [2.05, 4.69) is 35.2 Å². The summed E-state index contributed by atoms with van der Waals surface area (Å²) in [5, 5.41) is 4.15. The molecule has 1 heterocycles. The van der Waals surface area contributed by atoms with Gasteiger partial charge in [-0.25, -0.2) is 9.67 Å². The van der Waals surface area contributed by atoms with Crippen molar-refractivity contribution in [1.29, 1.82) is 0 Å². The molecule has 0 bridgehead atoms. The topological polar surface area (TPSA) is 34.0 Å². The SMILES string of the molecule is CCN(CC)Cc1n[c]n(C)n1. The molecule has 0 spiro atoms. The Kier molecular flexibility index (Phi) is 3.22. The molecule has 0 unspecified atom stereocenters. The predicted molar refractivity (Wildman–Crippen MR) is 46.5 cm³/mol. The average Bonchev–Trinajstić information content (AvgIpc) is 2.47. The van der Waals surface area contributed by atoms with Gasteiger partial charge in [-0.2, -0.15) is 5.10 Å². The van der Waals surface area contributed by atoms with Crippen molar-refractivity contribution in [2.24, 2.45) is 7.05 Å². The van der Waals surface area contributed by atoms with Gasteiger partial charge < -0.3 is 0 Å². The summed E-state index contributed by atoms with van der Waals surface area (Å²) in [4.78, 5) is 6.30. The zero-order valence-electron chi connectivity index (χ0n) is 7.91. The molecule has 1 rings (SSSR count). The first-order valence-electron chi connectivity index (χ1n) is 4.26. The summed E-state index contributed by atoms with van der Waals surface area (Å²) in [6.07, 6.45) is 2.75. The van der Waals surface area contributed by atoms with Gasteiger partial charge in [0.15, 0.2) is 12.2 Å². The normalized spacial score (nSPS) is 11.0. The number of hydrogen-bond donors (Lipinski definition) is 0. The molecule has 4 heteroatoms. The third-order valence-corrected chi connectivity index (χ3v) is 1.85. The van der Waals surface area contributed by atoms with Crippen molar-refractivity contribution in [1.82, 2.24) is 19.7 Å². The molecule has 0 aliphatic carbocycles. The fraction of sp³-hybridized carbons (Fsp3) is 0.750. The highest BCUT2D eigenvalue weighted by molar-refractivity contribution is 4.79. The summed E-state index contributed by atoms with van der Waals surface area (Å²) >= 11 is 0. The number of nitrogens with zero attached hydrogens (tertiary/aromatic N) is 4. The minimum absolute atomic E-state index is 0.824. The van der Waals surface area contributed by atoms with Gasteiger partial charge in [-0.15, -0.1) is 0 Å². The lowest BCUT2D eigenvalue weighted by atomic mass is 10.4. The van der Waals surface area contributed by atoms with E-state index in [1.165, 1.54) is 0 Å². The first kappa shape index (κ1) is 9.19. The molecule has 0 amide bonds. The molecule has 12 heavy (non-hydrogen) atoms. The molecular formula is C8H15N4. The van der Waals surface area contributed by atoms with Gasteiger partial charge in [0, 0.05) is 7.05 Å². The van der Waals surface area contributed by atoms with E-state index < -0.39 is 0 Å². The number of rotatable bonds is 4. The summed E-state index contributed by atoms with van der Waals surface area (Å²) in [5.41, 5.74) is 0. The highest BCUT2D eigenvalue weighted by Gasteiger charge is 2.04. The van der Waals surface area contributed by atoms with Crippen LogP contribution in [-0.2, 0) is 13.6 Å². The lowest BCUT2D eigenvalue weighted by Gasteiger charge is -2.14. The highest BCUT2D eigenvalue weighted by Crippen LogP contribution is 1.95. The van der Waals surface area contributed by atoms with Crippen molar-refractivity contribution < 1.29 is 0 Å². The van der Waals surface area contributed by atoms with Crippen molar-refractivity contribution >= 4 is 0 Å². The lowest BCUT2D eigenvalue weighted by molar-refractivity contribution is 0.288. The summed E-state index contributed by atoms with van der Waals surface area (Å²) in [7, 11) is 1.83. The summed E-state index contributed by atoms with van der Waals surface area (Å²) in [6, 6.07) is 0. The summed E-state index contributed by atoms with van der Waals surface area (Å²) < 4.78 is 1.61. The van der Waals surface area contributed by atoms with Crippen LogP contribution in [0, 0.1) is 6.33 Å². The molecule has 0 saturated heterocycles. The highest BCUT2D eigenvalue weighted by atomic mass is 15.3. The maximum Gasteiger partial charge on any atom is 0.196 e. The van der Waals surface area contributed by atoms with E-state index in [4.69, 9.17) is 0 Å².